The third-order valence-electron chi connectivity index (χ3n) is 5.94. The quantitative estimate of drug-likeness (QED) is 0.551. The van der Waals surface area contributed by atoms with Crippen LogP contribution in [0.15, 0.2) is 72.8 Å². The van der Waals surface area contributed by atoms with E-state index in [1.807, 2.05) is 48.2 Å². The van der Waals surface area contributed by atoms with E-state index in [1.54, 1.807) is 7.11 Å². The van der Waals surface area contributed by atoms with Crippen molar-refractivity contribution in [1.82, 2.24) is 9.80 Å². The zero-order chi connectivity index (χ0) is 22.5. The Kier molecular flexibility index (Phi) is 6.98. The van der Waals surface area contributed by atoms with Crippen LogP contribution in [-0.2, 0) is 0 Å². The number of amides is 2. The van der Waals surface area contributed by atoms with E-state index < -0.39 is 0 Å². The molecular weight excluding hydrogens is 422 g/mol. The summed E-state index contributed by atoms with van der Waals surface area (Å²) in [4.78, 5) is 17.2. The number of aryl methyl sites for hydroxylation is 1. The van der Waals surface area contributed by atoms with E-state index in [0.29, 0.717) is 13.1 Å². The van der Waals surface area contributed by atoms with Gasteiger partial charge in [-0.05, 0) is 53.9 Å². The summed E-state index contributed by atoms with van der Waals surface area (Å²) in [6.07, 6.45) is 0. The number of methoxy groups -OCH3 is 1. The summed E-state index contributed by atoms with van der Waals surface area (Å²) in [5.41, 5.74) is 4.22. The third kappa shape index (κ3) is 5.06. The second-order valence-electron chi connectivity index (χ2n) is 8.00. The van der Waals surface area contributed by atoms with E-state index in [9.17, 15) is 4.79 Å². The van der Waals surface area contributed by atoms with Crippen LogP contribution in [0.1, 0.15) is 22.7 Å². The molecule has 1 heterocycles. The first-order valence-corrected chi connectivity index (χ1v) is 11.2. The van der Waals surface area contributed by atoms with Gasteiger partial charge in [-0.15, -0.1) is 0 Å². The second kappa shape index (κ2) is 10.1. The SMILES string of the molecule is COc1ccc(NC(=O)N2CCN(C(c3ccccc3)c3ccc(Cl)cc3)CC2)c(C)c1. The molecule has 1 aliphatic rings. The Bertz CT molecular complexity index is 1050. The van der Waals surface area contributed by atoms with Gasteiger partial charge in [0.05, 0.1) is 13.2 Å². The molecule has 1 N–H and O–H groups in total. The van der Waals surface area contributed by atoms with Gasteiger partial charge in [-0.1, -0.05) is 54.1 Å². The predicted molar refractivity (Wildman–Crippen MR) is 130 cm³/mol. The lowest BCUT2D eigenvalue weighted by Gasteiger charge is -2.39. The lowest BCUT2D eigenvalue weighted by Crippen LogP contribution is -2.51. The number of benzene rings is 3. The molecule has 1 fully saturated rings. The first-order chi connectivity index (χ1) is 15.5. The molecule has 166 valence electrons. The summed E-state index contributed by atoms with van der Waals surface area (Å²) in [5.74, 6) is 0.781. The van der Waals surface area contributed by atoms with Crippen LogP contribution >= 0.6 is 11.6 Å². The predicted octanol–water partition coefficient (Wildman–Crippen LogP) is 5.60. The first kappa shape index (κ1) is 22.2. The minimum Gasteiger partial charge on any atom is -0.497 e. The number of hydrogen-bond acceptors (Lipinski definition) is 3. The van der Waals surface area contributed by atoms with Crippen LogP contribution < -0.4 is 10.1 Å². The van der Waals surface area contributed by atoms with Gasteiger partial charge in [-0.25, -0.2) is 4.79 Å². The van der Waals surface area contributed by atoms with Gasteiger partial charge in [-0.2, -0.15) is 0 Å². The monoisotopic (exact) mass is 449 g/mol. The van der Waals surface area contributed by atoms with Crippen LogP contribution in [-0.4, -0.2) is 49.1 Å². The van der Waals surface area contributed by atoms with Crippen LogP contribution in [0.4, 0.5) is 10.5 Å². The molecule has 0 saturated carbocycles. The van der Waals surface area contributed by atoms with E-state index in [4.69, 9.17) is 16.3 Å². The zero-order valence-corrected chi connectivity index (χ0v) is 19.2. The number of halogens is 1. The summed E-state index contributed by atoms with van der Waals surface area (Å²) < 4.78 is 5.25. The molecule has 3 aromatic rings. The highest BCUT2D eigenvalue weighted by Gasteiger charge is 2.28. The van der Waals surface area contributed by atoms with Gasteiger partial charge < -0.3 is 15.0 Å². The molecular formula is C26H28ClN3O2. The molecule has 32 heavy (non-hydrogen) atoms. The molecule has 0 bridgehead atoms. The maximum Gasteiger partial charge on any atom is 0.321 e. The summed E-state index contributed by atoms with van der Waals surface area (Å²) >= 11 is 6.12. The van der Waals surface area contributed by atoms with Gasteiger partial charge in [-0.3, -0.25) is 4.90 Å². The van der Waals surface area contributed by atoms with Crippen LogP contribution in [0, 0.1) is 6.92 Å². The Morgan fingerprint density at radius 3 is 2.22 bits per heavy atom. The molecule has 1 aliphatic heterocycles. The van der Waals surface area contributed by atoms with Crippen molar-refractivity contribution >= 4 is 23.3 Å². The molecule has 0 radical (unpaired) electrons. The summed E-state index contributed by atoms with van der Waals surface area (Å²) in [6, 6.07) is 24.3. The van der Waals surface area contributed by atoms with Crippen LogP contribution in [0.2, 0.25) is 5.02 Å². The summed E-state index contributed by atoms with van der Waals surface area (Å²) in [6.45, 7) is 4.87. The first-order valence-electron chi connectivity index (χ1n) is 10.8. The molecule has 6 heteroatoms. The lowest BCUT2D eigenvalue weighted by atomic mass is 9.96. The fourth-order valence-electron chi connectivity index (χ4n) is 4.18. The topological polar surface area (TPSA) is 44.8 Å². The number of ether oxygens (including phenoxy) is 1. The Hall–Kier alpha value is -3.02. The minimum absolute atomic E-state index is 0.0688. The van der Waals surface area contributed by atoms with Gasteiger partial charge in [0.15, 0.2) is 0 Å². The molecule has 0 aromatic heterocycles. The van der Waals surface area contributed by atoms with Crippen molar-refractivity contribution in [3.8, 4) is 5.75 Å². The number of anilines is 1. The normalized spacial score (nSPS) is 15.3. The molecule has 5 nitrogen and oxygen atoms in total. The maximum atomic E-state index is 12.9. The summed E-state index contributed by atoms with van der Waals surface area (Å²) in [7, 11) is 1.64. The van der Waals surface area contributed by atoms with Gasteiger partial charge in [0, 0.05) is 36.9 Å². The van der Waals surface area contributed by atoms with Crippen LogP contribution in [0.25, 0.3) is 0 Å². The van der Waals surface area contributed by atoms with Crippen molar-refractivity contribution in [3.05, 3.63) is 94.5 Å². The molecule has 0 spiro atoms. The van der Waals surface area contributed by atoms with Gasteiger partial charge in [0.25, 0.3) is 0 Å². The molecule has 4 rings (SSSR count). The van der Waals surface area contributed by atoms with Crippen molar-refractivity contribution < 1.29 is 9.53 Å². The number of carbonyl (C=O) groups is 1. The van der Waals surface area contributed by atoms with Crippen molar-refractivity contribution in [1.29, 1.82) is 0 Å². The second-order valence-corrected chi connectivity index (χ2v) is 8.44. The number of hydrogen-bond donors (Lipinski definition) is 1. The average Bonchev–Trinajstić information content (AvgIpc) is 2.83. The minimum atomic E-state index is -0.0688. The highest BCUT2D eigenvalue weighted by atomic mass is 35.5. The fourth-order valence-corrected chi connectivity index (χ4v) is 4.30. The number of piperazine rings is 1. The zero-order valence-electron chi connectivity index (χ0n) is 18.4. The number of urea groups is 1. The standard InChI is InChI=1S/C26H28ClN3O2/c1-19-18-23(32-2)12-13-24(19)28-26(31)30-16-14-29(15-17-30)25(20-6-4-3-5-7-20)21-8-10-22(27)11-9-21/h3-13,18,25H,14-17H2,1-2H3,(H,28,31). The van der Waals surface area contributed by atoms with E-state index in [0.717, 1.165) is 35.1 Å². The smallest absolute Gasteiger partial charge is 0.321 e. The van der Waals surface area contributed by atoms with Gasteiger partial charge >= 0.3 is 6.03 Å². The number of nitrogens with zero attached hydrogens (tertiary/aromatic N) is 2. The maximum absolute atomic E-state index is 12.9. The van der Waals surface area contributed by atoms with E-state index in [-0.39, 0.29) is 12.1 Å². The van der Waals surface area contributed by atoms with E-state index in [1.165, 1.54) is 11.1 Å². The molecule has 1 unspecified atom stereocenters. The van der Waals surface area contributed by atoms with Gasteiger partial charge in [0.1, 0.15) is 5.75 Å². The number of carbonyl (C=O) groups excluding carboxylic acids is 1. The highest BCUT2D eigenvalue weighted by molar-refractivity contribution is 6.30. The van der Waals surface area contributed by atoms with Crippen LogP contribution in [0.3, 0.4) is 0 Å². The summed E-state index contributed by atoms with van der Waals surface area (Å²) in [5, 5.41) is 3.78. The lowest BCUT2D eigenvalue weighted by molar-refractivity contribution is 0.126. The molecule has 0 aliphatic carbocycles. The van der Waals surface area contributed by atoms with E-state index >= 15 is 0 Å². The third-order valence-corrected chi connectivity index (χ3v) is 6.19. The number of rotatable bonds is 5. The Labute approximate surface area is 194 Å². The Morgan fingerprint density at radius 1 is 0.938 bits per heavy atom. The Balaban J connectivity index is 1.45. The van der Waals surface area contributed by atoms with Gasteiger partial charge in [0.2, 0.25) is 0 Å². The fraction of sp³-hybridized carbons (Fsp3) is 0.269. The van der Waals surface area contributed by atoms with E-state index in [2.05, 4.69) is 46.6 Å². The Morgan fingerprint density at radius 2 is 1.59 bits per heavy atom. The largest absolute Gasteiger partial charge is 0.497 e. The van der Waals surface area contributed by atoms with Crippen molar-refractivity contribution in [2.45, 2.75) is 13.0 Å². The molecule has 1 saturated heterocycles. The van der Waals surface area contributed by atoms with Crippen molar-refractivity contribution in [3.63, 3.8) is 0 Å². The van der Waals surface area contributed by atoms with Crippen molar-refractivity contribution in [2.75, 3.05) is 38.6 Å². The average molecular weight is 450 g/mol. The highest BCUT2D eigenvalue weighted by Crippen LogP contribution is 2.30. The molecule has 3 aromatic carbocycles. The van der Waals surface area contributed by atoms with Crippen LogP contribution in [0.5, 0.6) is 5.75 Å². The number of nitrogens with one attached hydrogen (secondary N) is 1. The molecule has 1 atom stereocenters. The molecule has 2 amide bonds. The van der Waals surface area contributed by atoms with Crippen molar-refractivity contribution in [2.24, 2.45) is 0 Å².